The Kier molecular flexibility index (Phi) is 24.1. The molecule has 2 fully saturated rings. The Morgan fingerprint density at radius 2 is 1.52 bits per heavy atom. The van der Waals surface area contributed by atoms with Crippen molar-refractivity contribution in [1.82, 2.24) is 46.1 Å². The van der Waals surface area contributed by atoms with Crippen molar-refractivity contribution in [2.45, 2.75) is 146 Å². The van der Waals surface area contributed by atoms with Gasteiger partial charge in [0.1, 0.15) is 47.6 Å². The summed E-state index contributed by atoms with van der Waals surface area (Å²) in [4.78, 5) is 126. The Morgan fingerprint density at radius 1 is 0.900 bits per heavy atom. The Hall–Kier alpha value is -7.70. The molecule has 2 aromatic carbocycles. The van der Waals surface area contributed by atoms with Crippen molar-refractivity contribution >= 4 is 81.7 Å². The van der Waals surface area contributed by atoms with Crippen LogP contribution in [0.2, 0.25) is 5.02 Å². The molecule has 4 bridgehead atoms. The van der Waals surface area contributed by atoms with Gasteiger partial charge in [0.15, 0.2) is 23.5 Å². The minimum atomic E-state index is -2.80. The Morgan fingerprint density at radius 3 is 2.14 bits per heavy atom. The summed E-state index contributed by atoms with van der Waals surface area (Å²) in [5.41, 5.74) is 2.46. The molecular weight excluding hydrogens is 1200 g/mol. The summed E-state index contributed by atoms with van der Waals surface area (Å²) < 4.78 is 38.0. The maximum Gasteiger partial charge on any atom is 0.409 e. The van der Waals surface area contributed by atoms with Gasteiger partial charge in [-0.1, -0.05) is 60.5 Å². The van der Waals surface area contributed by atoms with E-state index in [9.17, 15) is 53.7 Å². The maximum absolute atomic E-state index is 15.1. The number of aliphatic hydroxyl groups excluding tert-OH is 2. The normalized spacial score (nSPS) is 24.9. The molecule has 4 heterocycles. The number of hydrogen-bond acceptors (Lipinski definition) is 20. The number of para-hydroxylation sites is 1. The molecule has 8 N–H and O–H groups in total. The first-order valence-electron chi connectivity index (χ1n) is 29.3. The third kappa shape index (κ3) is 16.6. The van der Waals surface area contributed by atoms with Crippen molar-refractivity contribution < 1.29 is 86.9 Å². The average Bonchev–Trinajstić information content (AvgIpc) is 1.54. The third-order valence-electron chi connectivity index (χ3n) is 16.8. The highest BCUT2D eigenvalue weighted by atomic mass is 35.5. The van der Waals surface area contributed by atoms with E-state index in [1.807, 2.05) is 43.2 Å². The van der Waals surface area contributed by atoms with E-state index < -0.39 is 133 Å². The molecule has 0 saturated carbocycles. The van der Waals surface area contributed by atoms with Crippen molar-refractivity contribution in [1.29, 1.82) is 0 Å². The van der Waals surface area contributed by atoms with E-state index >= 15 is 4.79 Å². The van der Waals surface area contributed by atoms with E-state index in [0.717, 1.165) is 36.9 Å². The second kappa shape index (κ2) is 30.4. The number of anilines is 1. The highest BCUT2D eigenvalue weighted by Crippen LogP contribution is 2.55. The average molecular weight is 1280 g/mol. The van der Waals surface area contributed by atoms with Crippen LogP contribution in [0.5, 0.6) is 5.75 Å². The fourth-order valence-electron chi connectivity index (χ4n) is 10.7. The van der Waals surface area contributed by atoms with Crippen molar-refractivity contribution in [3.8, 4) is 5.75 Å². The molecule has 2 saturated heterocycles. The van der Waals surface area contributed by atoms with Crippen molar-refractivity contribution in [2.24, 2.45) is 5.92 Å². The molecular formula is C61H85ClN10O18. The predicted molar refractivity (Wildman–Crippen MR) is 327 cm³/mol. The Balaban J connectivity index is 1.17. The molecule has 0 spiro atoms. The highest BCUT2D eigenvalue weighted by Gasteiger charge is 2.74. The lowest BCUT2D eigenvalue weighted by Gasteiger charge is -2.42. The molecule has 11 atom stereocenters. The van der Waals surface area contributed by atoms with Gasteiger partial charge in [-0.15, -0.1) is 0 Å². The molecule has 1 aromatic heterocycles. The number of carbonyl (C=O) groups excluding carboxylic acids is 9. The van der Waals surface area contributed by atoms with Crippen LogP contribution in [0.4, 0.5) is 10.5 Å². The van der Waals surface area contributed by atoms with Crippen molar-refractivity contribution in [2.75, 3.05) is 74.0 Å². The number of esters is 2. The maximum atomic E-state index is 15.1. The summed E-state index contributed by atoms with van der Waals surface area (Å²) in [7, 11) is 10.3. The van der Waals surface area contributed by atoms with E-state index in [-0.39, 0.29) is 54.7 Å². The molecule has 28 nitrogen and oxygen atoms in total. The third-order valence-corrected chi connectivity index (χ3v) is 17.2. The van der Waals surface area contributed by atoms with Gasteiger partial charge in [-0.05, 0) is 76.4 Å². The summed E-state index contributed by atoms with van der Waals surface area (Å²) in [5, 5.41) is 46.0. The number of nitrogens with one attached hydrogen (secondary N) is 5. The molecule has 90 heavy (non-hydrogen) atoms. The topological polar surface area (TPSA) is 351 Å². The molecule has 3 aliphatic rings. The van der Waals surface area contributed by atoms with Crippen LogP contribution in [-0.4, -0.2) is 217 Å². The molecule has 0 aliphatic carbocycles. The number of amides is 7. The van der Waals surface area contributed by atoms with Crippen LogP contribution in [0.3, 0.4) is 0 Å². The van der Waals surface area contributed by atoms with Crippen molar-refractivity contribution in [3.05, 3.63) is 82.5 Å². The Labute approximate surface area is 527 Å². The first-order valence-corrected chi connectivity index (χ1v) is 29.7. The molecule has 0 radical (unpaired) electrons. The number of aryl methyl sites for hydroxylation is 1. The fourth-order valence-corrected chi connectivity index (χ4v) is 11.0. The fraction of sp³-hybridized carbons (Fsp3) is 0.557. The van der Waals surface area contributed by atoms with Gasteiger partial charge in [-0.3, -0.25) is 39.5 Å². The zero-order valence-electron chi connectivity index (χ0n) is 53.0. The number of epoxide rings is 1. The van der Waals surface area contributed by atoms with Gasteiger partial charge in [0, 0.05) is 105 Å². The monoisotopic (exact) mass is 1280 g/mol. The number of nitrogens with zero attached hydrogens (tertiary/aromatic N) is 5. The minimum Gasteiger partial charge on any atom is -0.495 e. The Bertz CT molecular complexity index is 3230. The molecule has 3 aliphatic heterocycles. The van der Waals surface area contributed by atoms with Crippen LogP contribution < -0.4 is 36.3 Å². The smallest absolute Gasteiger partial charge is 0.409 e. The number of methoxy groups -OCH3 is 2. The predicted octanol–water partition coefficient (Wildman–Crippen LogP) is 1.32. The van der Waals surface area contributed by atoms with Crippen LogP contribution >= 0.6 is 11.6 Å². The van der Waals surface area contributed by atoms with Gasteiger partial charge in [0.25, 0.3) is 17.6 Å². The standard InChI is InChI=1S/C61H85ClN10O18/c1-34-17-16-20-46(86-13)60(84)31-45(87-58(83)67-60)35(2)53-59(6,88-53)61(89-56(81)36(3)69(9)38(5)73,32-49(76)71(11)43-28-39(27-34)29-44(85-12)50(43)62)90-57(82)37(4)70(10)48(75)21-23-65-54(79)51(77)52(78)55(80)66-25-24-64-47(74)22-26-72-41(33-68(8)63-7)30-40-18-14-15-19-42(40)72/h14-20,28-30,35-37,45-46,51-53,63,77-78,84H,21-27,31-33H2,1-13H3,(H,64,74)(H,65,79)(H,66,80)(H,67,83)/b20-16+,34-17+/t35-,36+,37?,45+,46?,51?,52?,53+,59-,60+,61-/m1/s1. The van der Waals surface area contributed by atoms with Crippen molar-refractivity contribution in [3.63, 3.8) is 0 Å². The number of alkyl carbamates (subject to hydrolysis) is 1. The first kappa shape index (κ1) is 71.4. The number of hydrazine groups is 1. The summed E-state index contributed by atoms with van der Waals surface area (Å²) in [6, 6.07) is 10.2. The number of fused-ring (bicyclic) bond motifs is 6. The SMILES string of the molecule is CNN(C)Cc1cc2ccccc2n1CCC(=O)NCCNC(=O)C(O)C(O)C(=O)NCCC(=O)N(C)C(C)C(=O)O[C@]1(OC(=O)[C@H](C)N(C)C(C)=O)CC(=O)N(C)c2cc(cc(OC)c2Cl)C/C(C)=C/C=C/C(OC)[C@@]2(O)C[C@H](OC(=O)N2)[C@@H](C)[C@@H]2O[C@]21C. The van der Waals surface area contributed by atoms with Crippen LogP contribution in [0.1, 0.15) is 78.5 Å². The zero-order valence-corrected chi connectivity index (χ0v) is 53.8. The summed E-state index contributed by atoms with van der Waals surface area (Å²) >= 11 is 6.90. The largest absolute Gasteiger partial charge is 0.495 e. The minimum absolute atomic E-state index is 0.00637. The number of carbonyl (C=O) groups is 9. The van der Waals surface area contributed by atoms with Crippen LogP contribution in [-0.2, 0) is 81.6 Å². The number of likely N-dealkylation sites (N-methyl/N-ethyl adjacent to an activating group) is 2. The van der Waals surface area contributed by atoms with E-state index in [1.54, 1.807) is 44.3 Å². The van der Waals surface area contributed by atoms with Gasteiger partial charge in [0.2, 0.25) is 23.6 Å². The van der Waals surface area contributed by atoms with Gasteiger partial charge >= 0.3 is 18.0 Å². The van der Waals surface area contributed by atoms with Crippen LogP contribution in [0, 0.1) is 5.92 Å². The number of rotatable bonds is 23. The second-order valence-corrected chi connectivity index (χ2v) is 23.4. The van der Waals surface area contributed by atoms with Gasteiger partial charge in [-0.25, -0.2) is 19.4 Å². The molecule has 6 rings (SSSR count). The number of ether oxygens (including phenoxy) is 6. The quantitative estimate of drug-likeness (QED) is 0.0218. The molecule has 494 valence electrons. The summed E-state index contributed by atoms with van der Waals surface area (Å²) in [6.45, 7) is 8.87. The van der Waals surface area contributed by atoms with Crippen LogP contribution in [0.15, 0.2) is 66.3 Å². The lowest BCUT2D eigenvalue weighted by atomic mass is 9.82. The van der Waals surface area contributed by atoms with Crippen LogP contribution in [0.25, 0.3) is 10.9 Å². The number of halogens is 1. The number of benzene rings is 2. The van der Waals surface area contributed by atoms with E-state index in [2.05, 4.69) is 37.3 Å². The van der Waals surface area contributed by atoms with Gasteiger partial charge in [-0.2, -0.15) is 0 Å². The lowest BCUT2D eigenvalue weighted by molar-refractivity contribution is -0.255. The zero-order chi connectivity index (χ0) is 66.7. The van der Waals surface area contributed by atoms with Gasteiger partial charge in [0.05, 0.1) is 19.3 Å². The number of hydrogen-bond donors (Lipinski definition) is 8. The first-order chi connectivity index (χ1) is 42.4. The molecule has 29 heteroatoms. The molecule has 4 unspecified atom stereocenters. The summed E-state index contributed by atoms with van der Waals surface area (Å²) in [5.74, 6) is -10.9. The summed E-state index contributed by atoms with van der Waals surface area (Å²) in [6.07, 6.45) is -5.56. The van der Waals surface area contributed by atoms with E-state index in [4.69, 9.17) is 40.0 Å². The van der Waals surface area contributed by atoms with E-state index in [1.165, 1.54) is 63.1 Å². The lowest BCUT2D eigenvalue weighted by Crippen LogP contribution is -2.64. The number of allylic oxidation sites excluding steroid dienone is 3. The van der Waals surface area contributed by atoms with E-state index in [0.29, 0.717) is 18.7 Å². The van der Waals surface area contributed by atoms with Gasteiger partial charge < -0.3 is 79.0 Å². The highest BCUT2D eigenvalue weighted by molar-refractivity contribution is 6.35. The number of aromatic nitrogens is 1. The second-order valence-electron chi connectivity index (χ2n) is 23.0. The number of aliphatic hydroxyl groups is 3. The molecule has 3 aromatic rings. The molecule has 7 amide bonds.